The topological polar surface area (TPSA) is 86.2 Å². The molecule has 0 saturated heterocycles. The molecule has 10 heteroatoms. The van der Waals surface area contributed by atoms with E-state index in [1.807, 2.05) is 19.1 Å². The lowest BCUT2D eigenvalue weighted by molar-refractivity contribution is -0.145. The van der Waals surface area contributed by atoms with Crippen LogP contribution in [0, 0.1) is 0 Å². The number of amides is 1. The lowest BCUT2D eigenvalue weighted by atomic mass is 10.2. The molecule has 0 fully saturated rings. The SMILES string of the molecule is CCOC(=O)COc1c(Br)cc(/C=N\NC(=O)CSc2ccc(Cl)cc2)cc1OCC. The van der Waals surface area contributed by atoms with Gasteiger partial charge in [0, 0.05) is 9.92 Å². The van der Waals surface area contributed by atoms with Crippen LogP contribution in [0.3, 0.4) is 0 Å². The largest absolute Gasteiger partial charge is 0.490 e. The molecule has 0 aliphatic heterocycles. The molecule has 0 heterocycles. The highest BCUT2D eigenvalue weighted by Gasteiger charge is 2.14. The van der Waals surface area contributed by atoms with Crippen molar-refractivity contribution in [2.45, 2.75) is 18.7 Å². The van der Waals surface area contributed by atoms with Crippen LogP contribution in [-0.2, 0) is 14.3 Å². The molecule has 2 aromatic carbocycles. The molecule has 1 N–H and O–H groups in total. The van der Waals surface area contributed by atoms with Gasteiger partial charge in [-0.05, 0) is 71.7 Å². The monoisotopic (exact) mass is 528 g/mol. The highest BCUT2D eigenvalue weighted by molar-refractivity contribution is 9.10. The highest BCUT2D eigenvalue weighted by atomic mass is 79.9. The van der Waals surface area contributed by atoms with E-state index in [9.17, 15) is 9.59 Å². The number of rotatable bonds is 11. The second-order valence-corrected chi connectivity index (χ2v) is 8.23. The predicted octanol–water partition coefficient (Wildman–Crippen LogP) is 4.69. The van der Waals surface area contributed by atoms with Gasteiger partial charge in [0.1, 0.15) is 0 Å². The molecule has 2 rings (SSSR count). The summed E-state index contributed by atoms with van der Waals surface area (Å²) >= 11 is 10.6. The van der Waals surface area contributed by atoms with Crippen LogP contribution < -0.4 is 14.9 Å². The average Bonchev–Trinajstić information content (AvgIpc) is 2.73. The van der Waals surface area contributed by atoms with Gasteiger partial charge in [0.2, 0.25) is 5.91 Å². The second-order valence-electron chi connectivity index (χ2n) is 5.89. The summed E-state index contributed by atoms with van der Waals surface area (Å²) in [4.78, 5) is 24.5. The molecular weight excluding hydrogens is 508 g/mol. The van der Waals surface area contributed by atoms with Crippen molar-refractivity contribution in [1.82, 2.24) is 5.43 Å². The minimum atomic E-state index is -0.471. The Morgan fingerprint density at radius 2 is 1.90 bits per heavy atom. The molecule has 2 aromatic rings. The van der Waals surface area contributed by atoms with Crippen molar-refractivity contribution in [3.05, 3.63) is 51.5 Å². The molecule has 0 atom stereocenters. The summed E-state index contributed by atoms with van der Waals surface area (Å²) < 4.78 is 16.6. The smallest absolute Gasteiger partial charge is 0.344 e. The van der Waals surface area contributed by atoms with Crippen LogP contribution in [0.25, 0.3) is 0 Å². The van der Waals surface area contributed by atoms with Crippen LogP contribution in [0.1, 0.15) is 19.4 Å². The third-order valence-electron chi connectivity index (χ3n) is 3.56. The number of halogens is 2. The first-order valence-electron chi connectivity index (χ1n) is 9.38. The zero-order chi connectivity index (χ0) is 22.6. The van der Waals surface area contributed by atoms with Crippen molar-refractivity contribution in [3.63, 3.8) is 0 Å². The Hall–Kier alpha value is -2.23. The molecule has 0 radical (unpaired) electrons. The molecular formula is C21H22BrClN2O5S. The zero-order valence-corrected chi connectivity index (χ0v) is 20.2. The summed E-state index contributed by atoms with van der Waals surface area (Å²) in [5.74, 6) is 0.326. The van der Waals surface area contributed by atoms with E-state index in [1.165, 1.54) is 18.0 Å². The first-order valence-corrected chi connectivity index (χ1v) is 11.5. The summed E-state index contributed by atoms with van der Waals surface area (Å²) in [5.41, 5.74) is 3.16. The molecule has 31 heavy (non-hydrogen) atoms. The molecule has 7 nitrogen and oxygen atoms in total. The standard InChI is InChI=1S/C21H22BrClN2O5S/c1-3-28-18-10-14(9-17(22)21(18)30-12-20(27)29-4-2)11-24-25-19(26)13-31-16-7-5-15(23)6-8-16/h5-11H,3-4,12-13H2,1-2H3,(H,25,26)/b24-11-. The molecule has 0 spiro atoms. The molecule has 0 aliphatic carbocycles. The normalized spacial score (nSPS) is 10.7. The molecule has 0 bridgehead atoms. The van der Waals surface area contributed by atoms with E-state index in [0.29, 0.717) is 33.2 Å². The summed E-state index contributed by atoms with van der Waals surface area (Å²) in [6.45, 7) is 4.01. The van der Waals surface area contributed by atoms with Crippen LogP contribution in [0.2, 0.25) is 5.02 Å². The quantitative estimate of drug-likeness (QED) is 0.197. The number of hydrogen-bond acceptors (Lipinski definition) is 7. The number of carbonyl (C=O) groups excluding carboxylic acids is 2. The summed E-state index contributed by atoms with van der Waals surface area (Å²) in [6, 6.07) is 10.7. The van der Waals surface area contributed by atoms with Crippen molar-refractivity contribution in [2.24, 2.45) is 5.10 Å². The van der Waals surface area contributed by atoms with Gasteiger partial charge in [-0.2, -0.15) is 5.10 Å². The Bertz CT molecular complexity index is 925. The highest BCUT2D eigenvalue weighted by Crippen LogP contribution is 2.36. The first kappa shape index (κ1) is 25.0. The van der Waals surface area contributed by atoms with E-state index < -0.39 is 5.97 Å². The third kappa shape index (κ3) is 8.80. The lowest BCUT2D eigenvalue weighted by Gasteiger charge is -2.14. The Kier molecular flexibility index (Phi) is 10.7. The number of carbonyl (C=O) groups is 2. The predicted molar refractivity (Wildman–Crippen MR) is 125 cm³/mol. The molecule has 0 unspecified atom stereocenters. The lowest BCUT2D eigenvalue weighted by Crippen LogP contribution is -2.19. The van der Waals surface area contributed by atoms with Gasteiger partial charge < -0.3 is 14.2 Å². The molecule has 166 valence electrons. The number of benzene rings is 2. The zero-order valence-electron chi connectivity index (χ0n) is 17.0. The fourth-order valence-electron chi connectivity index (χ4n) is 2.29. The third-order valence-corrected chi connectivity index (χ3v) is 5.41. The van der Waals surface area contributed by atoms with Crippen molar-refractivity contribution in [2.75, 3.05) is 25.6 Å². The summed E-state index contributed by atoms with van der Waals surface area (Å²) in [7, 11) is 0. The summed E-state index contributed by atoms with van der Waals surface area (Å²) in [6.07, 6.45) is 1.49. The van der Waals surface area contributed by atoms with E-state index in [-0.39, 0.29) is 24.9 Å². The number of thioether (sulfide) groups is 1. The van der Waals surface area contributed by atoms with Crippen molar-refractivity contribution in [1.29, 1.82) is 0 Å². The van der Waals surface area contributed by atoms with Crippen LogP contribution >= 0.6 is 39.3 Å². The number of nitrogens with zero attached hydrogens (tertiary/aromatic N) is 1. The number of ether oxygens (including phenoxy) is 3. The molecule has 1 amide bonds. The van der Waals surface area contributed by atoms with E-state index in [4.69, 9.17) is 25.8 Å². The van der Waals surface area contributed by atoms with Gasteiger partial charge >= 0.3 is 5.97 Å². The fourth-order valence-corrected chi connectivity index (χ4v) is 3.68. The Labute approximate surface area is 198 Å². The fraction of sp³-hybridized carbons (Fsp3) is 0.286. The van der Waals surface area contributed by atoms with Crippen LogP contribution in [-0.4, -0.2) is 43.7 Å². The maximum Gasteiger partial charge on any atom is 0.344 e. The second kappa shape index (κ2) is 13.2. The number of hydrogen-bond donors (Lipinski definition) is 1. The van der Waals surface area contributed by atoms with Gasteiger partial charge in [-0.3, -0.25) is 4.79 Å². The van der Waals surface area contributed by atoms with Gasteiger partial charge in [-0.1, -0.05) is 11.6 Å². The maximum atomic E-state index is 12.0. The van der Waals surface area contributed by atoms with Crippen molar-refractivity contribution in [3.8, 4) is 11.5 Å². The first-order chi connectivity index (χ1) is 14.9. The van der Waals surface area contributed by atoms with E-state index >= 15 is 0 Å². The molecule has 0 aromatic heterocycles. The van der Waals surface area contributed by atoms with Gasteiger partial charge in [0.05, 0.1) is 29.7 Å². The van der Waals surface area contributed by atoms with Gasteiger partial charge in [-0.15, -0.1) is 11.8 Å². The Balaban J connectivity index is 1.96. The van der Waals surface area contributed by atoms with Crippen LogP contribution in [0.4, 0.5) is 0 Å². The van der Waals surface area contributed by atoms with Gasteiger partial charge in [0.15, 0.2) is 18.1 Å². The van der Waals surface area contributed by atoms with Crippen molar-refractivity contribution < 1.29 is 23.8 Å². The minimum Gasteiger partial charge on any atom is -0.490 e. The van der Waals surface area contributed by atoms with E-state index in [0.717, 1.165) is 4.90 Å². The van der Waals surface area contributed by atoms with Crippen LogP contribution in [0.15, 0.2) is 50.9 Å². The van der Waals surface area contributed by atoms with Gasteiger partial charge in [-0.25, -0.2) is 10.2 Å². The minimum absolute atomic E-state index is 0.216. The van der Waals surface area contributed by atoms with Gasteiger partial charge in [0.25, 0.3) is 0 Å². The van der Waals surface area contributed by atoms with E-state index in [2.05, 4.69) is 26.5 Å². The number of hydrazone groups is 1. The van der Waals surface area contributed by atoms with E-state index in [1.54, 1.807) is 31.2 Å². The Morgan fingerprint density at radius 3 is 2.58 bits per heavy atom. The maximum absolute atomic E-state index is 12.0. The summed E-state index contributed by atoms with van der Waals surface area (Å²) in [5, 5.41) is 4.63. The molecule has 0 aliphatic rings. The molecule has 0 saturated carbocycles. The van der Waals surface area contributed by atoms with Crippen LogP contribution in [0.5, 0.6) is 11.5 Å². The Morgan fingerprint density at radius 1 is 1.16 bits per heavy atom. The number of nitrogens with one attached hydrogen (secondary N) is 1. The average molecular weight is 530 g/mol. The number of esters is 1. The van der Waals surface area contributed by atoms with Crippen molar-refractivity contribution >= 4 is 57.4 Å².